The van der Waals surface area contributed by atoms with E-state index >= 15 is 0 Å². The van der Waals surface area contributed by atoms with Gasteiger partial charge in [-0.25, -0.2) is 0 Å². The third-order valence-corrected chi connectivity index (χ3v) is 2.42. The maximum Gasteiger partial charge on any atom is 0.225 e. The van der Waals surface area contributed by atoms with E-state index in [0.29, 0.717) is 19.6 Å². The van der Waals surface area contributed by atoms with E-state index in [2.05, 4.69) is 10.6 Å². The zero-order valence-corrected chi connectivity index (χ0v) is 12.5. The number of ether oxygens (including phenoxy) is 1. The second kappa shape index (κ2) is 9.78. The number of halogens is 1. The van der Waals surface area contributed by atoms with Crippen LogP contribution in [0, 0.1) is 0 Å². The Hall–Kier alpha value is -1.10. The molecule has 0 aliphatic rings. The van der Waals surface area contributed by atoms with Gasteiger partial charge in [-0.15, -0.1) is 12.4 Å². The van der Waals surface area contributed by atoms with Crippen molar-refractivity contribution in [2.45, 2.75) is 33.0 Å². The molecule has 0 saturated carbocycles. The van der Waals surface area contributed by atoms with Gasteiger partial charge in [0.25, 0.3) is 0 Å². The van der Waals surface area contributed by atoms with E-state index in [9.17, 15) is 4.79 Å². The first kappa shape index (κ1) is 17.9. The van der Waals surface area contributed by atoms with Crippen molar-refractivity contribution >= 4 is 24.0 Å². The lowest BCUT2D eigenvalue weighted by atomic mass is 10.2. The van der Waals surface area contributed by atoms with Gasteiger partial charge in [0.05, 0.1) is 12.7 Å². The monoisotopic (exact) mass is 286 g/mol. The third-order valence-electron chi connectivity index (χ3n) is 2.42. The van der Waals surface area contributed by atoms with Gasteiger partial charge < -0.3 is 15.4 Å². The zero-order chi connectivity index (χ0) is 13.4. The lowest BCUT2D eigenvalue weighted by molar-refractivity contribution is -0.116. The fourth-order valence-corrected chi connectivity index (χ4v) is 1.41. The summed E-state index contributed by atoms with van der Waals surface area (Å²) in [6.45, 7) is 5.31. The summed E-state index contributed by atoms with van der Waals surface area (Å²) in [5.74, 6) is 0.0236. The molecule has 0 aliphatic heterocycles. The zero-order valence-electron chi connectivity index (χ0n) is 11.7. The van der Waals surface area contributed by atoms with Gasteiger partial charge in [0.2, 0.25) is 5.91 Å². The van der Waals surface area contributed by atoms with Crippen LogP contribution in [0.4, 0.5) is 5.69 Å². The Bertz CT molecular complexity index is 366. The van der Waals surface area contributed by atoms with E-state index in [-0.39, 0.29) is 24.4 Å². The number of hydrogen-bond acceptors (Lipinski definition) is 3. The van der Waals surface area contributed by atoms with Gasteiger partial charge in [-0.1, -0.05) is 12.1 Å². The van der Waals surface area contributed by atoms with Crippen LogP contribution in [-0.4, -0.2) is 25.6 Å². The summed E-state index contributed by atoms with van der Waals surface area (Å²) in [5.41, 5.74) is 1.93. The molecule has 0 atom stereocenters. The standard InChI is InChI=1S/C14H22N2O2.ClH/c1-11(2)18-10-12-4-6-13(7-5-12)16-14(17)8-9-15-3;/h4-7,11,15H,8-10H2,1-3H3,(H,16,17);1H. The minimum absolute atomic E-state index is 0. The van der Waals surface area contributed by atoms with Crippen molar-refractivity contribution < 1.29 is 9.53 Å². The smallest absolute Gasteiger partial charge is 0.225 e. The fourth-order valence-electron chi connectivity index (χ4n) is 1.41. The van der Waals surface area contributed by atoms with Gasteiger partial charge >= 0.3 is 0 Å². The molecule has 19 heavy (non-hydrogen) atoms. The fraction of sp³-hybridized carbons (Fsp3) is 0.500. The summed E-state index contributed by atoms with van der Waals surface area (Å²) in [5, 5.41) is 5.79. The van der Waals surface area contributed by atoms with Gasteiger partial charge in [-0.05, 0) is 38.6 Å². The molecule has 1 rings (SSSR count). The molecule has 0 saturated heterocycles. The van der Waals surface area contributed by atoms with E-state index in [1.807, 2.05) is 45.2 Å². The second-order valence-electron chi connectivity index (χ2n) is 4.46. The molecule has 5 heteroatoms. The molecule has 0 spiro atoms. The molecule has 108 valence electrons. The summed E-state index contributed by atoms with van der Waals surface area (Å²) in [6.07, 6.45) is 0.709. The van der Waals surface area contributed by atoms with E-state index < -0.39 is 0 Å². The predicted molar refractivity (Wildman–Crippen MR) is 80.8 cm³/mol. The topological polar surface area (TPSA) is 50.4 Å². The summed E-state index contributed by atoms with van der Waals surface area (Å²) in [4.78, 5) is 11.5. The van der Waals surface area contributed by atoms with Crippen LogP contribution in [0.1, 0.15) is 25.8 Å². The minimum atomic E-state index is 0. The number of benzene rings is 1. The maximum absolute atomic E-state index is 11.5. The van der Waals surface area contributed by atoms with Crippen molar-refractivity contribution in [3.8, 4) is 0 Å². The molecule has 0 radical (unpaired) electrons. The highest BCUT2D eigenvalue weighted by Crippen LogP contribution is 2.11. The molecule has 0 unspecified atom stereocenters. The van der Waals surface area contributed by atoms with Crippen molar-refractivity contribution in [2.75, 3.05) is 18.9 Å². The second-order valence-corrected chi connectivity index (χ2v) is 4.46. The average Bonchev–Trinajstić information content (AvgIpc) is 2.35. The van der Waals surface area contributed by atoms with Crippen LogP contribution >= 0.6 is 12.4 Å². The number of amides is 1. The molecule has 4 nitrogen and oxygen atoms in total. The van der Waals surface area contributed by atoms with Crippen molar-refractivity contribution in [2.24, 2.45) is 0 Å². The molecular weight excluding hydrogens is 264 g/mol. The summed E-state index contributed by atoms with van der Waals surface area (Å²) >= 11 is 0. The molecule has 0 heterocycles. The summed E-state index contributed by atoms with van der Waals surface area (Å²) in [7, 11) is 1.83. The summed E-state index contributed by atoms with van der Waals surface area (Å²) < 4.78 is 5.51. The Balaban J connectivity index is 0.00000324. The molecular formula is C14H23ClN2O2. The van der Waals surface area contributed by atoms with Crippen molar-refractivity contribution in [3.05, 3.63) is 29.8 Å². The van der Waals surface area contributed by atoms with Crippen LogP contribution in [0.3, 0.4) is 0 Å². The number of carbonyl (C=O) groups excluding carboxylic acids is 1. The van der Waals surface area contributed by atoms with Crippen LogP contribution in [-0.2, 0) is 16.1 Å². The average molecular weight is 287 g/mol. The van der Waals surface area contributed by atoms with Gasteiger partial charge in [-0.2, -0.15) is 0 Å². The number of hydrogen-bond donors (Lipinski definition) is 2. The Morgan fingerprint density at radius 1 is 1.26 bits per heavy atom. The predicted octanol–water partition coefficient (Wildman–Crippen LogP) is 2.58. The van der Waals surface area contributed by atoms with E-state index in [1.165, 1.54) is 0 Å². The molecule has 0 aromatic heterocycles. The molecule has 1 aromatic rings. The first-order valence-corrected chi connectivity index (χ1v) is 6.27. The van der Waals surface area contributed by atoms with Crippen LogP contribution in [0.5, 0.6) is 0 Å². The highest BCUT2D eigenvalue weighted by atomic mass is 35.5. The lowest BCUT2D eigenvalue weighted by Crippen LogP contribution is -2.18. The molecule has 0 fully saturated rings. The SMILES string of the molecule is CNCCC(=O)Nc1ccc(COC(C)C)cc1.Cl. The van der Waals surface area contributed by atoms with E-state index in [0.717, 1.165) is 11.3 Å². The van der Waals surface area contributed by atoms with Crippen LogP contribution in [0.15, 0.2) is 24.3 Å². The quantitative estimate of drug-likeness (QED) is 0.810. The lowest BCUT2D eigenvalue weighted by Gasteiger charge is -2.09. The third kappa shape index (κ3) is 7.82. The van der Waals surface area contributed by atoms with E-state index in [1.54, 1.807) is 0 Å². The minimum Gasteiger partial charge on any atom is -0.374 e. The molecule has 1 aromatic carbocycles. The van der Waals surface area contributed by atoms with Gasteiger partial charge in [0.15, 0.2) is 0 Å². The Morgan fingerprint density at radius 3 is 2.42 bits per heavy atom. The highest BCUT2D eigenvalue weighted by molar-refractivity contribution is 5.90. The maximum atomic E-state index is 11.5. The highest BCUT2D eigenvalue weighted by Gasteiger charge is 2.02. The first-order chi connectivity index (χ1) is 8.61. The Morgan fingerprint density at radius 2 is 1.89 bits per heavy atom. The van der Waals surface area contributed by atoms with E-state index in [4.69, 9.17) is 4.74 Å². The molecule has 1 amide bonds. The van der Waals surface area contributed by atoms with Gasteiger partial charge in [-0.3, -0.25) is 4.79 Å². The van der Waals surface area contributed by atoms with Crippen molar-refractivity contribution in [1.29, 1.82) is 0 Å². The normalized spacial score (nSPS) is 10.1. The molecule has 0 bridgehead atoms. The van der Waals surface area contributed by atoms with Gasteiger partial charge in [0, 0.05) is 18.7 Å². The van der Waals surface area contributed by atoms with Crippen molar-refractivity contribution in [3.63, 3.8) is 0 Å². The number of anilines is 1. The van der Waals surface area contributed by atoms with Crippen molar-refractivity contribution in [1.82, 2.24) is 5.32 Å². The number of carbonyl (C=O) groups is 1. The summed E-state index contributed by atoms with van der Waals surface area (Å²) in [6, 6.07) is 7.73. The molecule has 0 aliphatic carbocycles. The number of nitrogens with one attached hydrogen (secondary N) is 2. The Labute approximate surface area is 121 Å². The van der Waals surface area contributed by atoms with Gasteiger partial charge in [0.1, 0.15) is 0 Å². The van der Waals surface area contributed by atoms with Crippen LogP contribution < -0.4 is 10.6 Å². The largest absolute Gasteiger partial charge is 0.374 e. The Kier molecular flexibility index (Phi) is 9.21. The van der Waals surface area contributed by atoms with Crippen LogP contribution in [0.2, 0.25) is 0 Å². The van der Waals surface area contributed by atoms with Crippen LogP contribution in [0.25, 0.3) is 0 Å². The number of rotatable bonds is 7. The molecule has 2 N–H and O–H groups in total. The first-order valence-electron chi connectivity index (χ1n) is 6.27.